The third-order valence-corrected chi connectivity index (χ3v) is 4.50. The number of hydrogen-bond acceptors (Lipinski definition) is 2. The molecule has 0 amide bonds. The van der Waals surface area contributed by atoms with Gasteiger partial charge in [-0.3, -0.25) is 0 Å². The van der Waals surface area contributed by atoms with Crippen molar-refractivity contribution in [3.63, 3.8) is 0 Å². The van der Waals surface area contributed by atoms with Crippen LogP contribution in [0.3, 0.4) is 0 Å². The number of ether oxygens (including phenoxy) is 1. The molecule has 2 rings (SSSR count). The highest BCUT2D eigenvalue weighted by Gasteiger charge is 2.33. The molecule has 1 heterocycles. The van der Waals surface area contributed by atoms with E-state index in [1.807, 2.05) is 11.8 Å². The smallest absolute Gasteiger partial charge is 0.0698 e. The van der Waals surface area contributed by atoms with Gasteiger partial charge >= 0.3 is 0 Å². The van der Waals surface area contributed by atoms with Gasteiger partial charge in [-0.1, -0.05) is 32.0 Å². The van der Waals surface area contributed by atoms with Crippen molar-refractivity contribution in [1.82, 2.24) is 0 Å². The molecule has 0 N–H and O–H groups in total. The Hall–Kier alpha value is -0.470. The van der Waals surface area contributed by atoms with Crippen molar-refractivity contribution in [2.45, 2.75) is 36.5 Å². The number of benzene rings is 1. The van der Waals surface area contributed by atoms with E-state index in [-0.39, 0.29) is 0 Å². The van der Waals surface area contributed by atoms with Gasteiger partial charge in [-0.2, -0.15) is 0 Å². The molecule has 0 aromatic heterocycles. The van der Waals surface area contributed by atoms with E-state index in [0.29, 0.717) is 17.3 Å². The highest BCUT2D eigenvalue weighted by Crippen LogP contribution is 2.36. The van der Waals surface area contributed by atoms with Crippen LogP contribution < -0.4 is 0 Å². The third kappa shape index (κ3) is 2.56. The fraction of sp³-hybridized carbons (Fsp3) is 0.538. The van der Waals surface area contributed by atoms with Gasteiger partial charge in [0.05, 0.1) is 12.7 Å². The first-order chi connectivity index (χ1) is 7.31. The molecular formula is C13H18OS. The first-order valence-corrected chi connectivity index (χ1v) is 6.52. The molecule has 0 radical (unpaired) electrons. The fourth-order valence-corrected chi connectivity index (χ4v) is 3.39. The van der Waals surface area contributed by atoms with Crippen LogP contribution in [0.2, 0.25) is 0 Å². The summed E-state index contributed by atoms with van der Waals surface area (Å²) in [5.74, 6) is 0.667. The maximum absolute atomic E-state index is 5.78. The van der Waals surface area contributed by atoms with E-state index in [4.69, 9.17) is 4.74 Å². The lowest BCUT2D eigenvalue weighted by atomic mass is 10.1. The van der Waals surface area contributed by atoms with E-state index in [1.54, 1.807) is 0 Å². The standard InChI is InChI=1S/C13H18OS/c1-3-12-13(10(2)9-14-12)15-11-7-5-4-6-8-11/h4-8,10,12-13H,3,9H2,1-2H3/t10-,12+,13+/m0/s1. The second kappa shape index (κ2) is 5.04. The third-order valence-electron chi connectivity index (χ3n) is 2.92. The first kappa shape index (κ1) is 11.0. The van der Waals surface area contributed by atoms with E-state index < -0.39 is 0 Å². The molecule has 1 aliphatic rings. The summed E-state index contributed by atoms with van der Waals surface area (Å²) in [5, 5.41) is 0.623. The van der Waals surface area contributed by atoms with Crippen molar-refractivity contribution < 1.29 is 4.74 Å². The summed E-state index contributed by atoms with van der Waals surface area (Å²) in [6.07, 6.45) is 1.56. The van der Waals surface area contributed by atoms with Gasteiger partial charge in [0, 0.05) is 10.1 Å². The number of thioether (sulfide) groups is 1. The monoisotopic (exact) mass is 222 g/mol. The summed E-state index contributed by atoms with van der Waals surface area (Å²) in [6, 6.07) is 10.6. The summed E-state index contributed by atoms with van der Waals surface area (Å²) in [7, 11) is 0. The van der Waals surface area contributed by atoms with Crippen molar-refractivity contribution in [2.24, 2.45) is 5.92 Å². The van der Waals surface area contributed by atoms with Gasteiger partial charge in [0.1, 0.15) is 0 Å². The molecule has 1 aromatic carbocycles. The van der Waals surface area contributed by atoms with Gasteiger partial charge in [-0.05, 0) is 24.5 Å². The summed E-state index contributed by atoms with van der Waals surface area (Å²) in [6.45, 7) is 5.42. The molecule has 1 nitrogen and oxygen atoms in total. The summed E-state index contributed by atoms with van der Waals surface area (Å²) < 4.78 is 5.78. The second-order valence-electron chi connectivity index (χ2n) is 4.15. The molecule has 1 aliphatic heterocycles. The van der Waals surface area contributed by atoms with Crippen molar-refractivity contribution in [2.75, 3.05) is 6.61 Å². The average molecular weight is 222 g/mol. The zero-order valence-electron chi connectivity index (χ0n) is 9.35. The van der Waals surface area contributed by atoms with Crippen LogP contribution in [0.25, 0.3) is 0 Å². The average Bonchev–Trinajstić information content (AvgIpc) is 2.62. The zero-order chi connectivity index (χ0) is 10.7. The quantitative estimate of drug-likeness (QED) is 0.773. The van der Waals surface area contributed by atoms with Crippen LogP contribution in [0.1, 0.15) is 20.3 Å². The SMILES string of the molecule is CC[C@H]1OC[C@H](C)[C@H]1Sc1ccccc1. The largest absolute Gasteiger partial charge is 0.377 e. The first-order valence-electron chi connectivity index (χ1n) is 5.64. The van der Waals surface area contributed by atoms with Crippen LogP contribution in [0.15, 0.2) is 35.2 Å². The summed E-state index contributed by atoms with van der Waals surface area (Å²) in [4.78, 5) is 1.36. The zero-order valence-corrected chi connectivity index (χ0v) is 10.2. The predicted octanol–water partition coefficient (Wildman–Crippen LogP) is 3.59. The molecule has 0 unspecified atom stereocenters. The molecule has 0 spiro atoms. The lowest BCUT2D eigenvalue weighted by Crippen LogP contribution is -2.20. The predicted molar refractivity (Wildman–Crippen MR) is 65.3 cm³/mol. The van der Waals surface area contributed by atoms with Crippen LogP contribution in [-0.2, 0) is 4.74 Å². The molecular weight excluding hydrogens is 204 g/mol. The molecule has 3 atom stereocenters. The van der Waals surface area contributed by atoms with Gasteiger partial charge in [-0.15, -0.1) is 11.8 Å². The Balaban J connectivity index is 2.04. The van der Waals surface area contributed by atoms with Gasteiger partial charge in [0.15, 0.2) is 0 Å². The normalized spacial score (nSPS) is 30.7. The second-order valence-corrected chi connectivity index (χ2v) is 5.40. The van der Waals surface area contributed by atoms with Gasteiger partial charge in [0.2, 0.25) is 0 Å². The van der Waals surface area contributed by atoms with Crippen LogP contribution in [-0.4, -0.2) is 18.0 Å². The topological polar surface area (TPSA) is 9.23 Å². The van der Waals surface area contributed by atoms with Crippen molar-refractivity contribution in [3.8, 4) is 0 Å². The highest BCUT2D eigenvalue weighted by atomic mass is 32.2. The van der Waals surface area contributed by atoms with Crippen LogP contribution in [0, 0.1) is 5.92 Å². The van der Waals surface area contributed by atoms with E-state index in [1.165, 1.54) is 4.90 Å². The maximum Gasteiger partial charge on any atom is 0.0698 e. The van der Waals surface area contributed by atoms with E-state index >= 15 is 0 Å². The number of hydrogen-bond donors (Lipinski definition) is 0. The van der Waals surface area contributed by atoms with Crippen LogP contribution in [0.5, 0.6) is 0 Å². The molecule has 0 bridgehead atoms. The Bertz CT molecular complexity index is 299. The lowest BCUT2D eigenvalue weighted by Gasteiger charge is -2.19. The Morgan fingerprint density at radius 2 is 2.07 bits per heavy atom. The molecule has 82 valence electrons. The maximum atomic E-state index is 5.78. The minimum Gasteiger partial charge on any atom is -0.377 e. The van der Waals surface area contributed by atoms with E-state index in [0.717, 1.165) is 13.0 Å². The lowest BCUT2D eigenvalue weighted by molar-refractivity contribution is 0.106. The van der Waals surface area contributed by atoms with Crippen molar-refractivity contribution >= 4 is 11.8 Å². The fourth-order valence-electron chi connectivity index (χ4n) is 2.03. The Morgan fingerprint density at radius 3 is 2.73 bits per heavy atom. The highest BCUT2D eigenvalue weighted by molar-refractivity contribution is 8.00. The minimum absolute atomic E-state index is 0.435. The van der Waals surface area contributed by atoms with Crippen LogP contribution >= 0.6 is 11.8 Å². The van der Waals surface area contributed by atoms with Crippen molar-refractivity contribution in [3.05, 3.63) is 30.3 Å². The Labute approximate surface area is 96.2 Å². The minimum atomic E-state index is 0.435. The molecule has 15 heavy (non-hydrogen) atoms. The molecule has 0 aliphatic carbocycles. The van der Waals surface area contributed by atoms with Gasteiger partial charge in [-0.25, -0.2) is 0 Å². The Morgan fingerprint density at radius 1 is 1.33 bits per heavy atom. The van der Waals surface area contributed by atoms with E-state index in [2.05, 4.69) is 44.2 Å². The number of rotatable bonds is 3. The summed E-state index contributed by atoms with van der Waals surface area (Å²) in [5.41, 5.74) is 0. The van der Waals surface area contributed by atoms with Crippen molar-refractivity contribution in [1.29, 1.82) is 0 Å². The molecule has 1 aromatic rings. The van der Waals surface area contributed by atoms with Gasteiger partial charge in [0.25, 0.3) is 0 Å². The van der Waals surface area contributed by atoms with Gasteiger partial charge < -0.3 is 4.74 Å². The molecule has 1 saturated heterocycles. The molecule has 0 saturated carbocycles. The molecule has 2 heteroatoms. The van der Waals surface area contributed by atoms with E-state index in [9.17, 15) is 0 Å². The Kier molecular flexibility index (Phi) is 3.71. The summed E-state index contributed by atoms with van der Waals surface area (Å²) >= 11 is 1.97. The molecule has 1 fully saturated rings. The van der Waals surface area contributed by atoms with Crippen LogP contribution in [0.4, 0.5) is 0 Å².